The smallest absolute Gasteiger partial charge is 0.0992 e. The van der Waals surface area contributed by atoms with E-state index in [1.54, 1.807) is 12.1 Å². The van der Waals surface area contributed by atoms with E-state index in [1.807, 2.05) is 17.8 Å². The van der Waals surface area contributed by atoms with Crippen LogP contribution in [0.4, 0.5) is 5.69 Å². The van der Waals surface area contributed by atoms with Gasteiger partial charge in [-0.15, -0.1) is 0 Å². The van der Waals surface area contributed by atoms with E-state index in [4.69, 9.17) is 10.4 Å². The molecule has 0 saturated carbocycles. The highest BCUT2D eigenvalue weighted by molar-refractivity contribution is 9.10. The average Bonchev–Trinajstić information content (AvgIpc) is 2.35. The zero-order valence-electron chi connectivity index (χ0n) is 9.45. The molecule has 1 rings (SSSR count). The molecule has 92 valence electrons. The van der Waals surface area contributed by atoms with Crippen molar-refractivity contribution < 1.29 is 5.11 Å². The van der Waals surface area contributed by atoms with Gasteiger partial charge in [0.1, 0.15) is 0 Å². The highest BCUT2D eigenvalue weighted by atomic mass is 79.9. The zero-order chi connectivity index (χ0) is 12.5. The summed E-state index contributed by atoms with van der Waals surface area (Å²) in [6, 6.07) is 7.61. The molecule has 0 aliphatic carbocycles. The summed E-state index contributed by atoms with van der Waals surface area (Å²) in [5, 5.41) is 20.7. The molecule has 5 heteroatoms. The number of anilines is 1. The molecule has 17 heavy (non-hydrogen) atoms. The Hall–Kier alpha value is -0.700. The van der Waals surface area contributed by atoms with E-state index in [2.05, 4.69) is 27.3 Å². The lowest BCUT2D eigenvalue weighted by Crippen LogP contribution is -2.05. The number of rotatable bonds is 7. The Kier molecular flexibility index (Phi) is 7.10. The van der Waals surface area contributed by atoms with Crippen molar-refractivity contribution in [3.63, 3.8) is 0 Å². The molecule has 0 aliphatic heterocycles. The van der Waals surface area contributed by atoms with Crippen molar-refractivity contribution in [1.82, 2.24) is 0 Å². The number of aliphatic hydroxyl groups excluding tert-OH is 1. The Balaban J connectivity index is 2.30. The number of benzene rings is 1. The van der Waals surface area contributed by atoms with E-state index in [0.29, 0.717) is 5.56 Å². The number of nitrogens with one attached hydrogen (secondary N) is 1. The number of hydrogen-bond acceptors (Lipinski definition) is 4. The van der Waals surface area contributed by atoms with Gasteiger partial charge in [-0.1, -0.05) is 0 Å². The van der Waals surface area contributed by atoms with Gasteiger partial charge in [0.15, 0.2) is 0 Å². The molecule has 0 saturated heterocycles. The van der Waals surface area contributed by atoms with Crippen LogP contribution < -0.4 is 5.32 Å². The van der Waals surface area contributed by atoms with E-state index < -0.39 is 0 Å². The van der Waals surface area contributed by atoms with Gasteiger partial charge in [0.25, 0.3) is 0 Å². The summed E-state index contributed by atoms with van der Waals surface area (Å²) in [6.45, 7) is 1.14. The summed E-state index contributed by atoms with van der Waals surface area (Å²) in [5.41, 5.74) is 1.66. The van der Waals surface area contributed by atoms with Gasteiger partial charge in [0.05, 0.1) is 11.6 Å². The number of halogens is 1. The maximum absolute atomic E-state index is 8.73. The number of nitriles is 1. The van der Waals surface area contributed by atoms with E-state index >= 15 is 0 Å². The first-order chi connectivity index (χ1) is 8.27. The van der Waals surface area contributed by atoms with Crippen molar-refractivity contribution in [3.05, 3.63) is 28.2 Å². The van der Waals surface area contributed by atoms with Crippen LogP contribution in [0.3, 0.4) is 0 Å². The first-order valence-electron chi connectivity index (χ1n) is 5.40. The largest absolute Gasteiger partial charge is 0.396 e. The summed E-state index contributed by atoms with van der Waals surface area (Å²) in [5.74, 6) is 2.00. The quantitative estimate of drug-likeness (QED) is 0.760. The maximum atomic E-state index is 8.73. The van der Waals surface area contributed by atoms with Crippen molar-refractivity contribution in [3.8, 4) is 6.07 Å². The summed E-state index contributed by atoms with van der Waals surface area (Å²) in [4.78, 5) is 0. The molecule has 1 aromatic carbocycles. The molecule has 0 heterocycles. The van der Waals surface area contributed by atoms with Gasteiger partial charge in [-0.05, 0) is 46.3 Å². The second-order valence-corrected chi connectivity index (χ2v) is 5.50. The fraction of sp³-hybridized carbons (Fsp3) is 0.417. The van der Waals surface area contributed by atoms with E-state index in [0.717, 1.165) is 34.6 Å². The lowest BCUT2D eigenvalue weighted by atomic mass is 10.2. The van der Waals surface area contributed by atoms with Gasteiger partial charge < -0.3 is 10.4 Å². The van der Waals surface area contributed by atoms with Crippen LogP contribution in [0.25, 0.3) is 0 Å². The van der Waals surface area contributed by atoms with E-state index in [-0.39, 0.29) is 6.61 Å². The predicted molar refractivity (Wildman–Crippen MR) is 76.4 cm³/mol. The van der Waals surface area contributed by atoms with Gasteiger partial charge >= 0.3 is 0 Å². The molecule has 0 bridgehead atoms. The fourth-order valence-electron chi connectivity index (χ4n) is 1.25. The molecule has 0 radical (unpaired) electrons. The third kappa shape index (κ3) is 5.44. The Morgan fingerprint density at radius 3 is 2.88 bits per heavy atom. The molecular formula is C12H15BrN2OS. The van der Waals surface area contributed by atoms with Crippen molar-refractivity contribution in [2.75, 3.05) is 30.0 Å². The minimum Gasteiger partial charge on any atom is -0.396 e. The highest BCUT2D eigenvalue weighted by Crippen LogP contribution is 2.23. The van der Waals surface area contributed by atoms with Gasteiger partial charge in [0.2, 0.25) is 0 Å². The van der Waals surface area contributed by atoms with Crippen LogP contribution in [0.5, 0.6) is 0 Å². The Bertz CT molecular complexity index is 393. The molecular weight excluding hydrogens is 300 g/mol. The third-order valence-electron chi connectivity index (χ3n) is 2.11. The lowest BCUT2D eigenvalue weighted by molar-refractivity contribution is 0.296. The van der Waals surface area contributed by atoms with Crippen LogP contribution in [-0.2, 0) is 0 Å². The summed E-state index contributed by atoms with van der Waals surface area (Å²) < 4.78 is 0.914. The monoisotopic (exact) mass is 314 g/mol. The van der Waals surface area contributed by atoms with Gasteiger partial charge in [-0.2, -0.15) is 17.0 Å². The summed E-state index contributed by atoms with van der Waals surface area (Å²) in [7, 11) is 0. The lowest BCUT2D eigenvalue weighted by Gasteiger charge is -2.08. The third-order valence-corrected chi connectivity index (χ3v) is 3.83. The molecule has 0 spiro atoms. The van der Waals surface area contributed by atoms with E-state index in [9.17, 15) is 0 Å². The minimum atomic E-state index is 0.265. The van der Waals surface area contributed by atoms with Crippen molar-refractivity contribution in [2.24, 2.45) is 0 Å². The van der Waals surface area contributed by atoms with Crippen LogP contribution in [0.15, 0.2) is 22.7 Å². The molecule has 2 N–H and O–H groups in total. The molecule has 0 unspecified atom stereocenters. The summed E-state index contributed by atoms with van der Waals surface area (Å²) >= 11 is 5.25. The Labute approximate surface area is 114 Å². The maximum Gasteiger partial charge on any atom is 0.0992 e. The van der Waals surface area contributed by atoms with Gasteiger partial charge in [-0.3, -0.25) is 0 Å². The Morgan fingerprint density at radius 1 is 1.41 bits per heavy atom. The molecule has 0 atom stereocenters. The molecule has 0 amide bonds. The predicted octanol–water partition coefficient (Wildman–Crippen LogP) is 2.85. The minimum absolute atomic E-state index is 0.265. The number of hydrogen-bond donors (Lipinski definition) is 2. The van der Waals surface area contributed by atoms with Crippen LogP contribution >= 0.6 is 27.7 Å². The van der Waals surface area contributed by atoms with Crippen molar-refractivity contribution >= 4 is 33.4 Å². The average molecular weight is 315 g/mol. The fourth-order valence-corrected chi connectivity index (χ4v) is 2.56. The number of thioether (sulfide) groups is 1. The van der Waals surface area contributed by atoms with Crippen LogP contribution in [-0.4, -0.2) is 29.8 Å². The van der Waals surface area contributed by atoms with Gasteiger partial charge in [-0.25, -0.2) is 0 Å². The molecule has 0 aromatic heterocycles. The first kappa shape index (κ1) is 14.4. The van der Waals surface area contributed by atoms with Crippen LogP contribution in [0.1, 0.15) is 12.0 Å². The second-order valence-electron chi connectivity index (χ2n) is 3.42. The zero-order valence-corrected chi connectivity index (χ0v) is 11.9. The number of nitrogens with zero attached hydrogens (tertiary/aromatic N) is 1. The second kappa shape index (κ2) is 8.40. The van der Waals surface area contributed by atoms with Gasteiger partial charge in [0, 0.05) is 29.1 Å². The van der Waals surface area contributed by atoms with Crippen molar-refractivity contribution in [2.45, 2.75) is 6.42 Å². The standard InChI is InChI=1S/C12H15BrN2OS/c13-11-8-10(9-14)2-3-12(11)15-4-7-17-6-1-5-16/h2-3,8,15-16H,1,4-7H2. The SMILES string of the molecule is N#Cc1ccc(NCCSCCCO)c(Br)c1. The molecule has 0 aliphatic rings. The number of aliphatic hydroxyl groups is 1. The molecule has 3 nitrogen and oxygen atoms in total. The van der Waals surface area contributed by atoms with Crippen LogP contribution in [0.2, 0.25) is 0 Å². The molecule has 1 aromatic rings. The first-order valence-corrected chi connectivity index (χ1v) is 7.35. The topological polar surface area (TPSA) is 56.0 Å². The highest BCUT2D eigenvalue weighted by Gasteiger charge is 2.00. The van der Waals surface area contributed by atoms with Crippen molar-refractivity contribution in [1.29, 1.82) is 5.26 Å². The summed E-state index contributed by atoms with van der Waals surface area (Å²) in [6.07, 6.45) is 0.852. The van der Waals surface area contributed by atoms with E-state index in [1.165, 1.54) is 0 Å². The Morgan fingerprint density at radius 2 is 2.24 bits per heavy atom. The van der Waals surface area contributed by atoms with Crippen LogP contribution in [0, 0.1) is 11.3 Å². The normalized spacial score (nSPS) is 9.94. The molecule has 0 fully saturated rings.